The molecule has 0 spiro atoms. The lowest BCUT2D eigenvalue weighted by molar-refractivity contribution is 0.651. The number of hydrogen-bond donors (Lipinski definition) is 1. The van der Waals surface area contributed by atoms with E-state index in [0.29, 0.717) is 6.04 Å². The molecular weight excluding hydrogens is 246 g/mol. The molecule has 0 aliphatic carbocycles. The first-order valence-corrected chi connectivity index (χ1v) is 6.21. The van der Waals surface area contributed by atoms with Crippen molar-refractivity contribution in [2.24, 2.45) is 0 Å². The van der Waals surface area contributed by atoms with Crippen LogP contribution in [0.2, 0.25) is 0 Å². The maximum absolute atomic E-state index is 3.56. The van der Waals surface area contributed by atoms with E-state index in [-0.39, 0.29) is 0 Å². The molecule has 1 atom stereocenters. The Labute approximate surface area is 92.4 Å². The first-order valence-electron chi connectivity index (χ1n) is 4.19. The summed E-state index contributed by atoms with van der Waals surface area (Å²) in [6.07, 6.45) is 2.08. The lowest BCUT2D eigenvalue weighted by atomic mass is 10.1. The first kappa shape index (κ1) is 11.1. The van der Waals surface area contributed by atoms with E-state index in [0.717, 1.165) is 0 Å². The van der Waals surface area contributed by atoms with Crippen LogP contribution in [0.1, 0.15) is 18.5 Å². The SMILES string of the molecule is CNC(C)c1ccc(SC)c(Br)c1. The highest BCUT2D eigenvalue weighted by molar-refractivity contribution is 9.10. The van der Waals surface area contributed by atoms with Crippen molar-refractivity contribution in [3.63, 3.8) is 0 Å². The highest BCUT2D eigenvalue weighted by Gasteiger charge is 2.04. The average molecular weight is 260 g/mol. The fraction of sp³-hybridized carbons (Fsp3) is 0.400. The second-order valence-electron chi connectivity index (χ2n) is 2.90. The Morgan fingerprint density at radius 2 is 2.15 bits per heavy atom. The van der Waals surface area contributed by atoms with Crippen molar-refractivity contribution in [1.82, 2.24) is 5.32 Å². The maximum Gasteiger partial charge on any atom is 0.0314 e. The third kappa shape index (κ3) is 2.73. The second kappa shape index (κ2) is 5.03. The zero-order chi connectivity index (χ0) is 9.84. The number of halogens is 1. The minimum absolute atomic E-state index is 0.409. The molecule has 1 rings (SSSR count). The summed E-state index contributed by atoms with van der Waals surface area (Å²) < 4.78 is 1.18. The molecule has 3 heteroatoms. The van der Waals surface area contributed by atoms with E-state index in [1.54, 1.807) is 11.8 Å². The highest BCUT2D eigenvalue weighted by atomic mass is 79.9. The van der Waals surface area contributed by atoms with Crippen LogP contribution in [0.4, 0.5) is 0 Å². The van der Waals surface area contributed by atoms with Gasteiger partial charge in [0.1, 0.15) is 0 Å². The van der Waals surface area contributed by atoms with E-state index >= 15 is 0 Å². The van der Waals surface area contributed by atoms with E-state index < -0.39 is 0 Å². The van der Waals surface area contributed by atoms with Crippen LogP contribution in [0, 0.1) is 0 Å². The van der Waals surface area contributed by atoms with Crippen molar-refractivity contribution in [2.45, 2.75) is 17.9 Å². The lowest BCUT2D eigenvalue weighted by Gasteiger charge is -2.11. The van der Waals surface area contributed by atoms with Crippen molar-refractivity contribution in [2.75, 3.05) is 13.3 Å². The Balaban J connectivity index is 2.95. The predicted octanol–water partition coefficient (Wildman–Crippen LogP) is 3.45. The predicted molar refractivity (Wildman–Crippen MR) is 63.4 cm³/mol. The normalized spacial score (nSPS) is 12.9. The molecule has 1 unspecified atom stereocenters. The summed E-state index contributed by atoms with van der Waals surface area (Å²) in [4.78, 5) is 1.28. The van der Waals surface area contributed by atoms with Gasteiger partial charge in [0.25, 0.3) is 0 Å². The Bertz CT molecular complexity index is 288. The van der Waals surface area contributed by atoms with Gasteiger partial charge in [-0.25, -0.2) is 0 Å². The smallest absolute Gasteiger partial charge is 0.0314 e. The second-order valence-corrected chi connectivity index (χ2v) is 4.61. The molecule has 0 saturated heterocycles. The van der Waals surface area contributed by atoms with Gasteiger partial charge in [0.2, 0.25) is 0 Å². The van der Waals surface area contributed by atoms with Crippen molar-refractivity contribution in [3.05, 3.63) is 28.2 Å². The van der Waals surface area contributed by atoms with Crippen LogP contribution < -0.4 is 5.32 Å². The van der Waals surface area contributed by atoms with Gasteiger partial charge in [0.15, 0.2) is 0 Å². The number of nitrogens with one attached hydrogen (secondary N) is 1. The van der Waals surface area contributed by atoms with Gasteiger partial charge >= 0.3 is 0 Å². The fourth-order valence-corrected chi connectivity index (χ4v) is 2.46. The third-order valence-corrected chi connectivity index (χ3v) is 3.82. The minimum Gasteiger partial charge on any atom is -0.313 e. The molecule has 0 fully saturated rings. The van der Waals surface area contributed by atoms with Crippen molar-refractivity contribution >= 4 is 27.7 Å². The monoisotopic (exact) mass is 259 g/mol. The Morgan fingerprint density at radius 3 is 2.62 bits per heavy atom. The zero-order valence-electron chi connectivity index (χ0n) is 8.10. The summed E-state index contributed by atoms with van der Waals surface area (Å²) >= 11 is 5.31. The molecule has 1 aromatic rings. The average Bonchev–Trinajstić information content (AvgIpc) is 2.16. The van der Waals surface area contributed by atoms with Crippen molar-refractivity contribution < 1.29 is 0 Å². The molecule has 0 heterocycles. The molecule has 0 bridgehead atoms. The number of benzene rings is 1. The molecule has 0 radical (unpaired) electrons. The van der Waals surface area contributed by atoms with Gasteiger partial charge in [0, 0.05) is 15.4 Å². The molecule has 72 valence electrons. The Morgan fingerprint density at radius 1 is 1.46 bits per heavy atom. The molecule has 0 aromatic heterocycles. The molecule has 0 aliphatic heterocycles. The molecule has 1 N–H and O–H groups in total. The van der Waals surface area contributed by atoms with Gasteiger partial charge in [-0.3, -0.25) is 0 Å². The van der Waals surface area contributed by atoms with E-state index in [1.807, 2.05) is 7.05 Å². The van der Waals surface area contributed by atoms with Crippen LogP contribution in [0.25, 0.3) is 0 Å². The summed E-state index contributed by atoms with van der Waals surface area (Å²) in [6.45, 7) is 2.15. The fourth-order valence-electron chi connectivity index (χ4n) is 1.12. The van der Waals surface area contributed by atoms with Crippen LogP contribution in [0.5, 0.6) is 0 Å². The topological polar surface area (TPSA) is 12.0 Å². The van der Waals surface area contributed by atoms with Gasteiger partial charge in [-0.15, -0.1) is 11.8 Å². The van der Waals surface area contributed by atoms with Crippen molar-refractivity contribution in [1.29, 1.82) is 0 Å². The van der Waals surface area contributed by atoms with Crippen molar-refractivity contribution in [3.8, 4) is 0 Å². The molecule has 0 saturated carbocycles. The van der Waals surface area contributed by atoms with Gasteiger partial charge < -0.3 is 5.32 Å². The van der Waals surface area contributed by atoms with Gasteiger partial charge in [-0.2, -0.15) is 0 Å². The van der Waals surface area contributed by atoms with E-state index in [9.17, 15) is 0 Å². The molecule has 0 amide bonds. The Kier molecular flexibility index (Phi) is 4.29. The van der Waals surface area contributed by atoms with Gasteiger partial charge in [-0.05, 0) is 53.9 Å². The summed E-state index contributed by atoms with van der Waals surface area (Å²) in [7, 11) is 1.97. The van der Waals surface area contributed by atoms with Crippen LogP contribution in [-0.4, -0.2) is 13.3 Å². The third-order valence-electron chi connectivity index (χ3n) is 2.11. The standard InChI is InChI=1S/C10H14BrNS/c1-7(12-2)8-4-5-10(13-3)9(11)6-8/h4-7,12H,1-3H3. The summed E-state index contributed by atoms with van der Waals surface area (Å²) in [6, 6.07) is 6.90. The summed E-state index contributed by atoms with van der Waals surface area (Å²) in [5.74, 6) is 0. The van der Waals surface area contributed by atoms with Crippen LogP contribution in [-0.2, 0) is 0 Å². The van der Waals surface area contributed by atoms with Crippen LogP contribution in [0.15, 0.2) is 27.6 Å². The number of thioether (sulfide) groups is 1. The van der Waals surface area contributed by atoms with Crippen LogP contribution >= 0.6 is 27.7 Å². The molecular formula is C10H14BrNS. The molecule has 0 aliphatic rings. The molecule has 1 aromatic carbocycles. The first-order chi connectivity index (χ1) is 6.19. The van der Waals surface area contributed by atoms with Crippen LogP contribution in [0.3, 0.4) is 0 Å². The molecule has 13 heavy (non-hydrogen) atoms. The highest BCUT2D eigenvalue weighted by Crippen LogP contribution is 2.28. The largest absolute Gasteiger partial charge is 0.313 e. The zero-order valence-corrected chi connectivity index (χ0v) is 10.5. The number of hydrogen-bond acceptors (Lipinski definition) is 2. The molecule has 1 nitrogen and oxygen atoms in total. The lowest BCUT2D eigenvalue weighted by Crippen LogP contribution is -2.12. The van der Waals surface area contributed by atoms with E-state index in [4.69, 9.17) is 0 Å². The summed E-state index contributed by atoms with van der Waals surface area (Å²) in [5.41, 5.74) is 1.31. The summed E-state index contributed by atoms with van der Waals surface area (Å²) in [5, 5.41) is 3.22. The van der Waals surface area contributed by atoms with E-state index in [1.165, 1.54) is 14.9 Å². The van der Waals surface area contributed by atoms with Gasteiger partial charge in [-0.1, -0.05) is 6.07 Å². The van der Waals surface area contributed by atoms with E-state index in [2.05, 4.69) is 52.6 Å². The maximum atomic E-state index is 3.56. The minimum atomic E-state index is 0.409. The number of rotatable bonds is 3. The quantitative estimate of drug-likeness (QED) is 0.835. The van der Waals surface area contributed by atoms with Gasteiger partial charge in [0.05, 0.1) is 0 Å². The Hall–Kier alpha value is 0.01000.